The van der Waals surface area contributed by atoms with Crippen LogP contribution in [0.3, 0.4) is 0 Å². The molecule has 0 saturated carbocycles. The van der Waals surface area contributed by atoms with E-state index in [9.17, 15) is 0 Å². The molecule has 142 valence electrons. The number of imidazole rings is 1. The highest BCUT2D eigenvalue weighted by Gasteiger charge is 2.24. The van der Waals surface area contributed by atoms with Crippen molar-refractivity contribution in [3.8, 4) is 28.5 Å². The normalized spacial score (nSPS) is 11.3. The van der Waals surface area contributed by atoms with Crippen LogP contribution in [0.2, 0.25) is 15.1 Å². The van der Waals surface area contributed by atoms with Crippen molar-refractivity contribution in [3.63, 3.8) is 0 Å². The van der Waals surface area contributed by atoms with Gasteiger partial charge in [-0.25, -0.2) is 9.97 Å². The number of tetrazole rings is 1. The van der Waals surface area contributed by atoms with Crippen molar-refractivity contribution in [2.45, 2.75) is 0 Å². The fraction of sp³-hybridized carbons (Fsp3) is 0. The molecule has 0 aliphatic heterocycles. The van der Waals surface area contributed by atoms with Crippen molar-refractivity contribution in [2.24, 2.45) is 0 Å². The lowest BCUT2D eigenvalue weighted by molar-refractivity contribution is 0.790. The van der Waals surface area contributed by atoms with Gasteiger partial charge in [0.2, 0.25) is 11.6 Å². The van der Waals surface area contributed by atoms with Gasteiger partial charge in [-0.15, -0.1) is 5.10 Å². The summed E-state index contributed by atoms with van der Waals surface area (Å²) in [7, 11) is 0. The second kappa shape index (κ2) is 7.11. The molecule has 0 bridgehead atoms. The van der Waals surface area contributed by atoms with Crippen molar-refractivity contribution in [1.29, 1.82) is 0 Å². The molecule has 7 nitrogen and oxygen atoms in total. The van der Waals surface area contributed by atoms with Crippen molar-refractivity contribution in [1.82, 2.24) is 34.6 Å². The van der Waals surface area contributed by atoms with E-state index in [0.717, 1.165) is 5.69 Å². The Morgan fingerprint density at radius 1 is 0.897 bits per heavy atom. The minimum Gasteiger partial charge on any atom is -0.280 e. The van der Waals surface area contributed by atoms with Gasteiger partial charge in [0.1, 0.15) is 11.4 Å². The lowest BCUT2D eigenvalue weighted by Crippen LogP contribution is -2.02. The lowest BCUT2D eigenvalue weighted by atomic mass is 10.1. The van der Waals surface area contributed by atoms with Gasteiger partial charge in [0.15, 0.2) is 0 Å². The monoisotopic (exact) mass is 441 g/mol. The van der Waals surface area contributed by atoms with E-state index in [4.69, 9.17) is 34.8 Å². The van der Waals surface area contributed by atoms with Crippen molar-refractivity contribution >= 4 is 40.6 Å². The van der Waals surface area contributed by atoms with E-state index in [1.165, 1.54) is 0 Å². The van der Waals surface area contributed by atoms with E-state index in [-0.39, 0.29) is 0 Å². The third-order valence-corrected chi connectivity index (χ3v) is 5.16. The van der Waals surface area contributed by atoms with Crippen LogP contribution in [0.4, 0.5) is 0 Å². The summed E-state index contributed by atoms with van der Waals surface area (Å²) in [6.45, 7) is 0. The maximum absolute atomic E-state index is 6.46. The Morgan fingerprint density at radius 2 is 1.69 bits per heavy atom. The molecule has 0 radical (unpaired) electrons. The van der Waals surface area contributed by atoms with E-state index in [0.29, 0.717) is 43.6 Å². The first-order chi connectivity index (χ1) is 14.1. The molecule has 2 aromatic carbocycles. The first-order valence-corrected chi connectivity index (χ1v) is 9.58. The lowest BCUT2D eigenvalue weighted by Gasteiger charge is -2.08. The molecule has 0 aliphatic carbocycles. The molecular weight excluding hydrogens is 433 g/mol. The van der Waals surface area contributed by atoms with Gasteiger partial charge >= 0.3 is 0 Å². The summed E-state index contributed by atoms with van der Waals surface area (Å²) in [6, 6.07) is 14.2. The highest BCUT2D eigenvalue weighted by molar-refractivity contribution is 6.35. The maximum Gasteiger partial charge on any atom is 0.234 e. The SMILES string of the molecule is Clc1ccc(-n2nnnc2-c2c(-c3cc(Cl)ccc3Cl)nc3ncccn23)cc1. The average molecular weight is 443 g/mol. The Bertz CT molecular complexity index is 1340. The quantitative estimate of drug-likeness (QED) is 0.393. The van der Waals surface area contributed by atoms with Crippen molar-refractivity contribution < 1.29 is 0 Å². The molecule has 10 heteroatoms. The summed E-state index contributed by atoms with van der Waals surface area (Å²) in [5.74, 6) is 0.957. The Kier molecular flexibility index (Phi) is 4.43. The van der Waals surface area contributed by atoms with E-state index < -0.39 is 0 Å². The molecule has 0 saturated heterocycles. The van der Waals surface area contributed by atoms with Crippen LogP contribution in [0.15, 0.2) is 60.9 Å². The van der Waals surface area contributed by atoms with Crippen LogP contribution in [-0.2, 0) is 0 Å². The minimum absolute atomic E-state index is 0.471. The number of hydrogen-bond acceptors (Lipinski definition) is 5. The summed E-state index contributed by atoms with van der Waals surface area (Å²) in [5, 5.41) is 13.9. The van der Waals surface area contributed by atoms with Crippen LogP contribution in [0.1, 0.15) is 0 Å². The number of aromatic nitrogens is 7. The van der Waals surface area contributed by atoms with E-state index in [2.05, 4.69) is 25.5 Å². The van der Waals surface area contributed by atoms with E-state index in [1.54, 1.807) is 47.3 Å². The molecule has 3 aromatic heterocycles. The first-order valence-electron chi connectivity index (χ1n) is 8.45. The molecule has 0 N–H and O–H groups in total. The summed E-state index contributed by atoms with van der Waals surface area (Å²) >= 11 is 18.7. The number of nitrogens with zero attached hydrogens (tertiary/aromatic N) is 7. The molecule has 0 fully saturated rings. The molecule has 0 aliphatic rings. The molecule has 29 heavy (non-hydrogen) atoms. The van der Waals surface area contributed by atoms with E-state index in [1.807, 2.05) is 22.7 Å². The van der Waals surface area contributed by atoms with Crippen LogP contribution in [0, 0.1) is 0 Å². The molecule has 0 atom stereocenters. The zero-order chi connectivity index (χ0) is 20.0. The van der Waals surface area contributed by atoms with Gasteiger partial charge in [-0.05, 0) is 59.0 Å². The van der Waals surface area contributed by atoms with Gasteiger partial charge in [-0.3, -0.25) is 4.40 Å². The molecule has 0 amide bonds. The number of halogens is 3. The minimum atomic E-state index is 0.471. The van der Waals surface area contributed by atoms with E-state index >= 15 is 0 Å². The highest BCUT2D eigenvalue weighted by atomic mass is 35.5. The van der Waals surface area contributed by atoms with Crippen LogP contribution < -0.4 is 0 Å². The summed E-state index contributed by atoms with van der Waals surface area (Å²) in [6.07, 6.45) is 3.51. The van der Waals surface area contributed by atoms with Gasteiger partial charge in [0.25, 0.3) is 0 Å². The second-order valence-corrected chi connectivity index (χ2v) is 7.39. The first kappa shape index (κ1) is 18.1. The van der Waals surface area contributed by atoms with Crippen LogP contribution in [0.5, 0.6) is 0 Å². The fourth-order valence-electron chi connectivity index (χ4n) is 3.06. The van der Waals surface area contributed by atoms with Crippen LogP contribution in [-0.4, -0.2) is 34.6 Å². The average Bonchev–Trinajstić information content (AvgIpc) is 3.34. The molecule has 5 rings (SSSR count). The highest BCUT2D eigenvalue weighted by Crippen LogP contribution is 2.37. The van der Waals surface area contributed by atoms with Crippen LogP contribution in [0.25, 0.3) is 34.2 Å². The predicted molar refractivity (Wildman–Crippen MR) is 112 cm³/mol. The van der Waals surface area contributed by atoms with Crippen LogP contribution >= 0.6 is 34.8 Å². The largest absolute Gasteiger partial charge is 0.280 e. The molecular formula is C19H10Cl3N7. The van der Waals surface area contributed by atoms with Crippen molar-refractivity contribution in [2.75, 3.05) is 0 Å². The predicted octanol–water partition coefficient (Wildman–Crippen LogP) is 5.00. The van der Waals surface area contributed by atoms with Gasteiger partial charge < -0.3 is 0 Å². The Hall–Kier alpha value is -3.00. The van der Waals surface area contributed by atoms with Gasteiger partial charge in [-0.1, -0.05) is 34.8 Å². The Morgan fingerprint density at radius 3 is 2.52 bits per heavy atom. The Balaban J connectivity index is 1.82. The maximum atomic E-state index is 6.46. The molecule has 0 unspecified atom stereocenters. The number of hydrogen-bond donors (Lipinski definition) is 0. The zero-order valence-corrected chi connectivity index (χ0v) is 16.8. The topological polar surface area (TPSA) is 73.8 Å². The number of rotatable bonds is 3. The zero-order valence-electron chi connectivity index (χ0n) is 14.5. The number of fused-ring (bicyclic) bond motifs is 1. The van der Waals surface area contributed by atoms with Gasteiger partial charge in [0, 0.05) is 28.0 Å². The second-order valence-electron chi connectivity index (χ2n) is 6.11. The summed E-state index contributed by atoms with van der Waals surface area (Å²) in [5.41, 5.74) is 2.61. The van der Waals surface area contributed by atoms with Gasteiger partial charge in [-0.2, -0.15) is 4.68 Å². The summed E-state index contributed by atoms with van der Waals surface area (Å²) in [4.78, 5) is 9.01. The molecule has 5 aromatic rings. The third kappa shape index (κ3) is 3.13. The molecule has 3 heterocycles. The third-order valence-electron chi connectivity index (χ3n) is 4.34. The fourth-order valence-corrected chi connectivity index (χ4v) is 3.56. The van der Waals surface area contributed by atoms with Crippen molar-refractivity contribution in [3.05, 3.63) is 76.0 Å². The Labute approximate surface area is 179 Å². The summed E-state index contributed by atoms with van der Waals surface area (Å²) < 4.78 is 3.42. The standard InChI is InChI=1S/C19H10Cl3N7/c20-11-2-5-13(6-3-11)29-18(25-26-27-29)17-16(14-10-12(21)4-7-15(14)22)24-19-23-8-1-9-28(17)19/h1-10H. The number of benzene rings is 2. The molecule has 0 spiro atoms. The smallest absolute Gasteiger partial charge is 0.234 e. The van der Waals surface area contributed by atoms with Gasteiger partial charge in [0.05, 0.1) is 10.7 Å².